The Morgan fingerprint density at radius 2 is 1.91 bits per heavy atom. The van der Waals surface area contributed by atoms with Crippen LogP contribution in [0.5, 0.6) is 5.75 Å². The van der Waals surface area contributed by atoms with Crippen molar-refractivity contribution in [3.05, 3.63) is 63.6 Å². The predicted octanol–water partition coefficient (Wildman–Crippen LogP) is 4.65. The Balaban J connectivity index is 2.09. The van der Waals surface area contributed by atoms with Crippen molar-refractivity contribution in [3.63, 3.8) is 0 Å². The summed E-state index contributed by atoms with van der Waals surface area (Å²) in [7, 11) is 0. The number of benzene rings is 2. The molecule has 116 valence electrons. The number of amides is 1. The molecule has 0 aliphatic carbocycles. The van der Waals surface area contributed by atoms with E-state index >= 15 is 0 Å². The standard InChI is InChI=1S/C18H20BrNO2/c1-4-22-16-9-6-14(7-10-16)13(3)20-18(21)17-11-15(19)8-5-12(17)2/h5-11,13H,4H2,1-3H3,(H,20,21). The zero-order chi connectivity index (χ0) is 16.1. The maximum absolute atomic E-state index is 12.4. The van der Waals surface area contributed by atoms with Gasteiger partial charge in [0.15, 0.2) is 0 Å². The molecule has 1 atom stereocenters. The van der Waals surface area contributed by atoms with Gasteiger partial charge < -0.3 is 10.1 Å². The summed E-state index contributed by atoms with van der Waals surface area (Å²) in [5, 5.41) is 3.03. The Labute approximate surface area is 139 Å². The van der Waals surface area contributed by atoms with Crippen molar-refractivity contribution >= 4 is 21.8 Å². The Kier molecular flexibility index (Phi) is 5.61. The highest BCUT2D eigenvalue weighted by Crippen LogP contribution is 2.20. The van der Waals surface area contributed by atoms with Crippen molar-refractivity contribution < 1.29 is 9.53 Å². The minimum absolute atomic E-state index is 0.0680. The van der Waals surface area contributed by atoms with Crippen molar-refractivity contribution in [3.8, 4) is 5.75 Å². The summed E-state index contributed by atoms with van der Waals surface area (Å²) >= 11 is 3.40. The van der Waals surface area contributed by atoms with Gasteiger partial charge in [-0.2, -0.15) is 0 Å². The van der Waals surface area contributed by atoms with E-state index in [9.17, 15) is 4.79 Å². The smallest absolute Gasteiger partial charge is 0.252 e. The lowest BCUT2D eigenvalue weighted by Crippen LogP contribution is -2.27. The Bertz CT molecular complexity index is 653. The molecule has 2 aromatic carbocycles. The number of ether oxygens (including phenoxy) is 1. The molecule has 0 bridgehead atoms. The molecule has 2 rings (SSSR count). The van der Waals surface area contributed by atoms with Crippen molar-refractivity contribution in [1.29, 1.82) is 0 Å². The number of halogens is 1. The number of nitrogens with one attached hydrogen (secondary N) is 1. The second-order valence-corrected chi connectivity index (χ2v) is 6.07. The highest BCUT2D eigenvalue weighted by molar-refractivity contribution is 9.10. The Morgan fingerprint density at radius 3 is 2.55 bits per heavy atom. The monoisotopic (exact) mass is 361 g/mol. The first kappa shape index (κ1) is 16.6. The third-order valence-corrected chi connectivity index (χ3v) is 3.98. The van der Waals surface area contributed by atoms with Crippen LogP contribution < -0.4 is 10.1 Å². The molecule has 0 heterocycles. The van der Waals surface area contributed by atoms with Crippen molar-refractivity contribution in [2.45, 2.75) is 26.8 Å². The van der Waals surface area contributed by atoms with Crippen LogP contribution in [0.25, 0.3) is 0 Å². The van der Waals surface area contributed by atoms with E-state index in [2.05, 4.69) is 21.2 Å². The van der Waals surface area contributed by atoms with Crippen molar-refractivity contribution in [2.75, 3.05) is 6.61 Å². The average molecular weight is 362 g/mol. The van der Waals surface area contributed by atoms with Gasteiger partial charge in [-0.15, -0.1) is 0 Å². The zero-order valence-electron chi connectivity index (χ0n) is 13.0. The number of aryl methyl sites for hydroxylation is 1. The fourth-order valence-corrected chi connectivity index (χ4v) is 2.58. The van der Waals surface area contributed by atoms with Gasteiger partial charge in [0, 0.05) is 10.0 Å². The van der Waals surface area contributed by atoms with Gasteiger partial charge in [-0.25, -0.2) is 0 Å². The zero-order valence-corrected chi connectivity index (χ0v) is 14.6. The van der Waals surface area contributed by atoms with E-state index in [-0.39, 0.29) is 11.9 Å². The lowest BCUT2D eigenvalue weighted by atomic mass is 10.1. The van der Waals surface area contributed by atoms with Crippen LogP contribution in [0, 0.1) is 6.92 Å². The summed E-state index contributed by atoms with van der Waals surface area (Å²) in [6.07, 6.45) is 0. The van der Waals surface area contributed by atoms with E-state index in [1.54, 1.807) is 0 Å². The third kappa shape index (κ3) is 4.10. The molecule has 2 aromatic rings. The maximum atomic E-state index is 12.4. The van der Waals surface area contributed by atoms with E-state index in [1.165, 1.54) is 0 Å². The third-order valence-electron chi connectivity index (χ3n) is 3.48. The molecular weight excluding hydrogens is 342 g/mol. The van der Waals surface area contributed by atoms with Crippen LogP contribution in [0.1, 0.15) is 41.4 Å². The largest absolute Gasteiger partial charge is 0.494 e. The molecule has 3 nitrogen and oxygen atoms in total. The first-order valence-electron chi connectivity index (χ1n) is 7.31. The summed E-state index contributed by atoms with van der Waals surface area (Å²) in [6, 6.07) is 13.4. The summed E-state index contributed by atoms with van der Waals surface area (Å²) < 4.78 is 6.33. The molecule has 0 aromatic heterocycles. The molecule has 0 aliphatic rings. The van der Waals surface area contributed by atoms with Crippen LogP contribution in [-0.4, -0.2) is 12.5 Å². The van der Waals surface area contributed by atoms with Gasteiger partial charge in [0.05, 0.1) is 12.6 Å². The van der Waals surface area contributed by atoms with Crippen LogP contribution in [0.3, 0.4) is 0 Å². The van der Waals surface area contributed by atoms with Gasteiger partial charge in [0.1, 0.15) is 5.75 Å². The molecule has 22 heavy (non-hydrogen) atoms. The minimum atomic E-state index is -0.0693. The molecule has 1 N–H and O–H groups in total. The lowest BCUT2D eigenvalue weighted by Gasteiger charge is -2.16. The molecule has 4 heteroatoms. The molecule has 0 fully saturated rings. The second kappa shape index (κ2) is 7.45. The number of carbonyl (C=O) groups is 1. The molecular formula is C18H20BrNO2. The van der Waals surface area contributed by atoms with E-state index in [0.717, 1.165) is 21.3 Å². The fraction of sp³-hybridized carbons (Fsp3) is 0.278. The quantitative estimate of drug-likeness (QED) is 0.841. The molecule has 0 spiro atoms. The fourth-order valence-electron chi connectivity index (χ4n) is 2.22. The average Bonchev–Trinajstić information content (AvgIpc) is 2.50. The first-order valence-corrected chi connectivity index (χ1v) is 8.10. The van der Waals surface area contributed by atoms with Crippen LogP contribution in [0.15, 0.2) is 46.9 Å². The Morgan fingerprint density at radius 1 is 1.23 bits per heavy atom. The Hall–Kier alpha value is -1.81. The number of hydrogen-bond donors (Lipinski definition) is 1. The van der Waals surface area contributed by atoms with Gasteiger partial charge in [-0.3, -0.25) is 4.79 Å². The van der Waals surface area contributed by atoms with Gasteiger partial charge in [-0.05, 0) is 56.2 Å². The first-order chi connectivity index (χ1) is 10.5. The van der Waals surface area contributed by atoms with Crippen LogP contribution in [0.2, 0.25) is 0 Å². The number of rotatable bonds is 5. The van der Waals surface area contributed by atoms with E-state index in [1.807, 2.05) is 63.2 Å². The van der Waals surface area contributed by atoms with Crippen LogP contribution in [0.4, 0.5) is 0 Å². The maximum Gasteiger partial charge on any atom is 0.252 e. The van der Waals surface area contributed by atoms with Gasteiger partial charge in [-0.1, -0.05) is 34.1 Å². The summed E-state index contributed by atoms with van der Waals surface area (Å²) in [5.74, 6) is 0.771. The van der Waals surface area contributed by atoms with Gasteiger partial charge in [0.2, 0.25) is 0 Å². The molecule has 0 saturated carbocycles. The second-order valence-electron chi connectivity index (χ2n) is 5.16. The number of carbonyl (C=O) groups excluding carboxylic acids is 1. The van der Waals surface area contributed by atoms with Crippen molar-refractivity contribution in [2.24, 2.45) is 0 Å². The highest BCUT2D eigenvalue weighted by Gasteiger charge is 2.13. The molecule has 1 amide bonds. The topological polar surface area (TPSA) is 38.3 Å². The van der Waals surface area contributed by atoms with Gasteiger partial charge in [0.25, 0.3) is 5.91 Å². The summed E-state index contributed by atoms with van der Waals surface area (Å²) in [4.78, 5) is 12.4. The van der Waals surface area contributed by atoms with Crippen LogP contribution in [-0.2, 0) is 0 Å². The van der Waals surface area contributed by atoms with E-state index < -0.39 is 0 Å². The van der Waals surface area contributed by atoms with Crippen molar-refractivity contribution in [1.82, 2.24) is 5.32 Å². The number of hydrogen-bond acceptors (Lipinski definition) is 2. The molecule has 0 aliphatic heterocycles. The molecule has 1 unspecified atom stereocenters. The minimum Gasteiger partial charge on any atom is -0.494 e. The van der Waals surface area contributed by atoms with Gasteiger partial charge >= 0.3 is 0 Å². The SMILES string of the molecule is CCOc1ccc(C(C)NC(=O)c2cc(Br)ccc2C)cc1. The molecule has 0 saturated heterocycles. The predicted molar refractivity (Wildman–Crippen MR) is 92.4 cm³/mol. The van der Waals surface area contributed by atoms with E-state index in [4.69, 9.17) is 4.74 Å². The lowest BCUT2D eigenvalue weighted by molar-refractivity contribution is 0.0939. The molecule has 0 radical (unpaired) electrons. The summed E-state index contributed by atoms with van der Waals surface area (Å²) in [5.41, 5.74) is 2.69. The van der Waals surface area contributed by atoms with E-state index in [0.29, 0.717) is 12.2 Å². The normalized spacial score (nSPS) is 11.8. The van der Waals surface area contributed by atoms with Crippen LogP contribution >= 0.6 is 15.9 Å². The highest BCUT2D eigenvalue weighted by atomic mass is 79.9. The summed E-state index contributed by atoms with van der Waals surface area (Å²) in [6.45, 7) is 6.51.